The summed E-state index contributed by atoms with van der Waals surface area (Å²) in [5.41, 5.74) is -0.919. The predicted molar refractivity (Wildman–Crippen MR) is 50.3 cm³/mol. The molecule has 0 bridgehead atoms. The Labute approximate surface area is 94.3 Å². The van der Waals surface area contributed by atoms with Gasteiger partial charge in [0.15, 0.2) is 23.3 Å². The lowest BCUT2D eigenvalue weighted by Crippen LogP contribution is -2.30. The van der Waals surface area contributed by atoms with E-state index in [1.807, 2.05) is 0 Å². The predicted octanol–water partition coefficient (Wildman–Crippen LogP) is 1.31. The molecule has 1 aromatic carbocycles. The zero-order chi connectivity index (χ0) is 13.2. The van der Waals surface area contributed by atoms with Gasteiger partial charge in [-0.15, -0.1) is 0 Å². The number of benzene rings is 1. The zero-order valence-electron chi connectivity index (χ0n) is 8.81. The molecule has 0 heterocycles. The largest absolute Gasteiger partial charge is 0.395 e. The van der Waals surface area contributed by atoms with Crippen LogP contribution in [0.3, 0.4) is 0 Å². The lowest BCUT2D eigenvalue weighted by Gasteiger charge is -2.16. The minimum atomic E-state index is -2.04. The third-order valence-electron chi connectivity index (χ3n) is 2.12. The summed E-state index contributed by atoms with van der Waals surface area (Å²) in [7, 11) is 1.21. The lowest BCUT2D eigenvalue weighted by atomic mass is 10.1. The molecule has 7 heteroatoms. The van der Waals surface area contributed by atoms with Crippen LogP contribution in [-0.2, 0) is 0 Å². The Balaban J connectivity index is 3.19. The summed E-state index contributed by atoms with van der Waals surface area (Å²) in [6, 6.07) is 0.282. The number of nitrogens with zero attached hydrogens (tertiary/aromatic N) is 1. The molecule has 0 unspecified atom stereocenters. The van der Waals surface area contributed by atoms with Crippen LogP contribution >= 0.6 is 0 Å². The van der Waals surface area contributed by atoms with Crippen LogP contribution in [-0.4, -0.2) is 36.1 Å². The van der Waals surface area contributed by atoms with E-state index in [4.69, 9.17) is 5.11 Å². The molecule has 0 aliphatic heterocycles. The first kappa shape index (κ1) is 13.4. The molecule has 0 aromatic heterocycles. The van der Waals surface area contributed by atoms with E-state index in [1.54, 1.807) is 0 Å². The van der Waals surface area contributed by atoms with E-state index in [-0.39, 0.29) is 12.6 Å². The van der Waals surface area contributed by atoms with E-state index in [0.717, 1.165) is 4.90 Å². The van der Waals surface area contributed by atoms with Crippen LogP contribution in [0.4, 0.5) is 17.6 Å². The molecule has 1 rings (SSSR count). The average molecular weight is 251 g/mol. The van der Waals surface area contributed by atoms with E-state index < -0.39 is 41.3 Å². The second-order valence-corrected chi connectivity index (χ2v) is 3.30. The molecule has 94 valence electrons. The summed E-state index contributed by atoms with van der Waals surface area (Å²) in [6.45, 7) is -0.533. The fourth-order valence-corrected chi connectivity index (χ4v) is 1.19. The van der Waals surface area contributed by atoms with Crippen molar-refractivity contribution < 1.29 is 27.5 Å². The van der Waals surface area contributed by atoms with Gasteiger partial charge in [0, 0.05) is 13.6 Å². The van der Waals surface area contributed by atoms with Gasteiger partial charge in [0.05, 0.1) is 12.2 Å². The van der Waals surface area contributed by atoms with Crippen LogP contribution in [0, 0.1) is 23.3 Å². The number of rotatable bonds is 3. The molecule has 0 saturated heterocycles. The molecule has 0 radical (unpaired) electrons. The Morgan fingerprint density at radius 3 is 2.35 bits per heavy atom. The van der Waals surface area contributed by atoms with Crippen LogP contribution in [0.5, 0.6) is 0 Å². The van der Waals surface area contributed by atoms with Crippen LogP contribution in [0.25, 0.3) is 0 Å². The van der Waals surface area contributed by atoms with Crippen molar-refractivity contribution in [1.29, 1.82) is 0 Å². The Bertz CT molecular complexity index is 450. The van der Waals surface area contributed by atoms with Gasteiger partial charge in [-0.3, -0.25) is 4.79 Å². The molecule has 0 aliphatic rings. The molecular formula is C10H9F4NO2. The Morgan fingerprint density at radius 2 is 1.82 bits per heavy atom. The number of hydrogen-bond acceptors (Lipinski definition) is 2. The third kappa shape index (κ3) is 2.55. The lowest BCUT2D eigenvalue weighted by molar-refractivity contribution is 0.0760. The van der Waals surface area contributed by atoms with Crippen LogP contribution in [0.1, 0.15) is 10.4 Å². The highest BCUT2D eigenvalue weighted by atomic mass is 19.2. The number of amides is 1. The normalized spacial score (nSPS) is 10.5. The number of carbonyl (C=O) groups excluding carboxylic acids is 1. The molecule has 0 saturated carbocycles. The topological polar surface area (TPSA) is 40.5 Å². The highest BCUT2D eigenvalue weighted by Gasteiger charge is 2.24. The van der Waals surface area contributed by atoms with Crippen LogP contribution < -0.4 is 0 Å². The molecule has 0 aliphatic carbocycles. The summed E-state index contributed by atoms with van der Waals surface area (Å²) in [6.07, 6.45) is 0. The number of likely N-dealkylation sites (N-methyl/N-ethyl adjacent to an activating group) is 1. The molecular weight excluding hydrogens is 242 g/mol. The molecule has 17 heavy (non-hydrogen) atoms. The van der Waals surface area contributed by atoms with E-state index in [2.05, 4.69) is 0 Å². The molecule has 1 amide bonds. The van der Waals surface area contributed by atoms with Gasteiger partial charge in [0.1, 0.15) is 0 Å². The number of halogens is 4. The van der Waals surface area contributed by atoms with Gasteiger partial charge in [-0.1, -0.05) is 0 Å². The van der Waals surface area contributed by atoms with Gasteiger partial charge in [-0.05, 0) is 6.07 Å². The summed E-state index contributed by atoms with van der Waals surface area (Å²) in [5.74, 6) is -8.45. The van der Waals surface area contributed by atoms with Crippen molar-refractivity contribution in [3.63, 3.8) is 0 Å². The van der Waals surface area contributed by atoms with Crippen molar-refractivity contribution >= 4 is 5.91 Å². The standard InChI is InChI=1S/C10H9F4NO2/c1-15(2-3-16)10(17)5-4-6(11)8(13)9(14)7(5)12/h4,16H,2-3H2,1H3. The molecule has 3 nitrogen and oxygen atoms in total. The highest BCUT2D eigenvalue weighted by molar-refractivity contribution is 5.94. The number of carbonyl (C=O) groups is 1. The van der Waals surface area contributed by atoms with E-state index in [0.29, 0.717) is 0 Å². The first-order valence-corrected chi connectivity index (χ1v) is 4.59. The molecule has 1 N–H and O–H groups in total. The maximum atomic E-state index is 13.2. The maximum absolute atomic E-state index is 13.2. The number of hydrogen-bond donors (Lipinski definition) is 1. The van der Waals surface area contributed by atoms with Crippen molar-refractivity contribution in [3.8, 4) is 0 Å². The third-order valence-corrected chi connectivity index (χ3v) is 2.12. The van der Waals surface area contributed by atoms with Gasteiger partial charge in [-0.25, -0.2) is 17.6 Å². The van der Waals surface area contributed by atoms with E-state index in [1.165, 1.54) is 7.05 Å². The molecule has 0 atom stereocenters. The highest BCUT2D eigenvalue weighted by Crippen LogP contribution is 2.19. The first-order chi connectivity index (χ1) is 7.90. The van der Waals surface area contributed by atoms with Gasteiger partial charge >= 0.3 is 0 Å². The Morgan fingerprint density at radius 1 is 1.24 bits per heavy atom. The zero-order valence-corrected chi connectivity index (χ0v) is 8.81. The van der Waals surface area contributed by atoms with Crippen molar-refractivity contribution in [2.24, 2.45) is 0 Å². The molecule has 0 fully saturated rings. The number of aliphatic hydroxyl groups is 1. The maximum Gasteiger partial charge on any atom is 0.256 e. The van der Waals surface area contributed by atoms with Crippen LogP contribution in [0.2, 0.25) is 0 Å². The minimum Gasteiger partial charge on any atom is -0.395 e. The monoisotopic (exact) mass is 251 g/mol. The average Bonchev–Trinajstić information content (AvgIpc) is 2.30. The summed E-state index contributed by atoms with van der Waals surface area (Å²) in [4.78, 5) is 12.3. The second-order valence-electron chi connectivity index (χ2n) is 3.30. The van der Waals surface area contributed by atoms with Crippen molar-refractivity contribution in [2.45, 2.75) is 0 Å². The van der Waals surface area contributed by atoms with Gasteiger partial charge in [-0.2, -0.15) is 0 Å². The summed E-state index contributed by atoms with van der Waals surface area (Å²) < 4.78 is 51.5. The fraction of sp³-hybridized carbons (Fsp3) is 0.300. The molecule has 1 aromatic rings. The van der Waals surface area contributed by atoms with Gasteiger partial charge in [0.25, 0.3) is 5.91 Å². The summed E-state index contributed by atoms with van der Waals surface area (Å²) in [5, 5.41) is 8.56. The van der Waals surface area contributed by atoms with Gasteiger partial charge in [0.2, 0.25) is 0 Å². The Hall–Kier alpha value is -1.63. The van der Waals surface area contributed by atoms with Crippen molar-refractivity contribution in [1.82, 2.24) is 4.90 Å². The van der Waals surface area contributed by atoms with E-state index >= 15 is 0 Å². The summed E-state index contributed by atoms with van der Waals surface area (Å²) >= 11 is 0. The van der Waals surface area contributed by atoms with Crippen molar-refractivity contribution in [3.05, 3.63) is 34.9 Å². The Kier molecular flexibility index (Phi) is 4.06. The van der Waals surface area contributed by atoms with Crippen LogP contribution in [0.15, 0.2) is 6.07 Å². The fourth-order valence-electron chi connectivity index (χ4n) is 1.19. The van der Waals surface area contributed by atoms with Gasteiger partial charge < -0.3 is 10.0 Å². The first-order valence-electron chi connectivity index (χ1n) is 4.59. The van der Waals surface area contributed by atoms with Crippen molar-refractivity contribution in [2.75, 3.05) is 20.2 Å². The molecule has 0 spiro atoms. The smallest absolute Gasteiger partial charge is 0.256 e. The second kappa shape index (κ2) is 5.13. The number of aliphatic hydroxyl groups excluding tert-OH is 1. The quantitative estimate of drug-likeness (QED) is 0.500. The van der Waals surface area contributed by atoms with E-state index in [9.17, 15) is 22.4 Å². The SMILES string of the molecule is CN(CCO)C(=O)c1cc(F)c(F)c(F)c1F. The minimum absolute atomic E-state index is 0.140.